The van der Waals surface area contributed by atoms with E-state index in [0.29, 0.717) is 37.5 Å². The Morgan fingerprint density at radius 1 is 1.29 bits per heavy atom. The zero-order valence-corrected chi connectivity index (χ0v) is 11.6. The van der Waals surface area contributed by atoms with Gasteiger partial charge in [-0.05, 0) is 18.6 Å². The molecule has 0 aliphatic carbocycles. The van der Waals surface area contributed by atoms with Crippen molar-refractivity contribution in [2.45, 2.75) is 19.3 Å². The average Bonchev–Trinajstić information content (AvgIpc) is 2.90. The first-order valence-electron chi connectivity index (χ1n) is 7.00. The van der Waals surface area contributed by atoms with E-state index < -0.39 is 5.97 Å². The van der Waals surface area contributed by atoms with Crippen molar-refractivity contribution < 1.29 is 14.6 Å². The Balaban J connectivity index is 1.79. The molecule has 0 saturated carbocycles. The Hall–Kier alpha value is -2.22. The van der Waals surface area contributed by atoms with Gasteiger partial charge in [0.15, 0.2) is 11.5 Å². The SMILES string of the molecule is O=C(O)CCCc1nnc2ccc(N3CCOCC3)nn12. The molecule has 2 aromatic rings. The summed E-state index contributed by atoms with van der Waals surface area (Å²) in [5, 5.41) is 21.4. The van der Waals surface area contributed by atoms with Crippen molar-refractivity contribution in [1.82, 2.24) is 19.8 Å². The number of aryl methyl sites for hydroxylation is 1. The van der Waals surface area contributed by atoms with Crippen molar-refractivity contribution in [3.8, 4) is 0 Å². The quantitative estimate of drug-likeness (QED) is 0.850. The number of carboxylic acids is 1. The van der Waals surface area contributed by atoms with Crippen LogP contribution in [0.25, 0.3) is 5.65 Å². The van der Waals surface area contributed by atoms with E-state index in [4.69, 9.17) is 9.84 Å². The van der Waals surface area contributed by atoms with Crippen LogP contribution in [0.4, 0.5) is 5.82 Å². The summed E-state index contributed by atoms with van der Waals surface area (Å²) in [7, 11) is 0. The van der Waals surface area contributed by atoms with Gasteiger partial charge in [0, 0.05) is 25.9 Å². The molecule has 0 aromatic carbocycles. The number of hydrogen-bond donors (Lipinski definition) is 1. The summed E-state index contributed by atoms with van der Waals surface area (Å²) in [6, 6.07) is 3.81. The fourth-order valence-corrected chi connectivity index (χ4v) is 2.34. The number of ether oxygens (including phenoxy) is 1. The van der Waals surface area contributed by atoms with Gasteiger partial charge in [-0.2, -0.15) is 4.52 Å². The molecule has 3 rings (SSSR count). The third-order valence-corrected chi connectivity index (χ3v) is 3.44. The van der Waals surface area contributed by atoms with Crippen LogP contribution in [0.1, 0.15) is 18.7 Å². The minimum absolute atomic E-state index is 0.123. The molecule has 1 N–H and O–H groups in total. The molecule has 8 heteroatoms. The number of hydrogen-bond acceptors (Lipinski definition) is 6. The Bertz CT molecular complexity index is 636. The van der Waals surface area contributed by atoms with Gasteiger partial charge in [0.2, 0.25) is 0 Å². The predicted octanol–water partition coefficient (Wildman–Crippen LogP) is 0.368. The van der Waals surface area contributed by atoms with Crippen molar-refractivity contribution in [2.24, 2.45) is 0 Å². The van der Waals surface area contributed by atoms with Gasteiger partial charge in [0.05, 0.1) is 13.2 Å². The summed E-state index contributed by atoms with van der Waals surface area (Å²) in [4.78, 5) is 12.7. The van der Waals surface area contributed by atoms with E-state index in [1.807, 2.05) is 12.1 Å². The van der Waals surface area contributed by atoms with Crippen LogP contribution in [0.15, 0.2) is 12.1 Å². The Morgan fingerprint density at radius 2 is 2.10 bits per heavy atom. The van der Waals surface area contributed by atoms with Crippen LogP contribution in [0, 0.1) is 0 Å². The van der Waals surface area contributed by atoms with E-state index in [0.717, 1.165) is 18.9 Å². The van der Waals surface area contributed by atoms with Crippen molar-refractivity contribution in [1.29, 1.82) is 0 Å². The molecule has 112 valence electrons. The van der Waals surface area contributed by atoms with E-state index in [1.165, 1.54) is 0 Å². The zero-order valence-electron chi connectivity index (χ0n) is 11.6. The summed E-state index contributed by atoms with van der Waals surface area (Å²) in [6.45, 7) is 3.03. The minimum atomic E-state index is -0.800. The minimum Gasteiger partial charge on any atom is -0.481 e. The van der Waals surface area contributed by atoms with E-state index in [1.54, 1.807) is 4.52 Å². The summed E-state index contributed by atoms with van der Waals surface area (Å²) in [5.74, 6) is 0.761. The van der Waals surface area contributed by atoms with Crippen molar-refractivity contribution in [3.63, 3.8) is 0 Å². The maximum Gasteiger partial charge on any atom is 0.303 e. The van der Waals surface area contributed by atoms with Crippen LogP contribution >= 0.6 is 0 Å². The number of aromatic nitrogens is 4. The number of anilines is 1. The molecular formula is C13H17N5O3. The van der Waals surface area contributed by atoms with Gasteiger partial charge in [-0.3, -0.25) is 4.79 Å². The van der Waals surface area contributed by atoms with Gasteiger partial charge in [0.25, 0.3) is 0 Å². The van der Waals surface area contributed by atoms with E-state index >= 15 is 0 Å². The summed E-state index contributed by atoms with van der Waals surface area (Å²) >= 11 is 0. The number of carbonyl (C=O) groups is 1. The second-order valence-electron chi connectivity index (χ2n) is 4.92. The van der Waals surface area contributed by atoms with Crippen molar-refractivity contribution in [3.05, 3.63) is 18.0 Å². The Kier molecular flexibility index (Phi) is 3.96. The van der Waals surface area contributed by atoms with Gasteiger partial charge in [-0.1, -0.05) is 0 Å². The van der Waals surface area contributed by atoms with Crippen LogP contribution in [-0.2, 0) is 16.0 Å². The number of morpholine rings is 1. The molecule has 1 fully saturated rings. The van der Waals surface area contributed by atoms with Gasteiger partial charge < -0.3 is 14.7 Å². The highest BCUT2D eigenvalue weighted by Gasteiger charge is 2.15. The van der Waals surface area contributed by atoms with Gasteiger partial charge in [0.1, 0.15) is 5.82 Å². The smallest absolute Gasteiger partial charge is 0.303 e. The van der Waals surface area contributed by atoms with E-state index in [2.05, 4.69) is 20.2 Å². The molecule has 1 aliphatic heterocycles. The van der Waals surface area contributed by atoms with Crippen LogP contribution < -0.4 is 4.90 Å². The number of carboxylic acid groups (broad SMARTS) is 1. The normalized spacial score (nSPS) is 15.5. The molecule has 21 heavy (non-hydrogen) atoms. The lowest BCUT2D eigenvalue weighted by molar-refractivity contribution is -0.137. The first-order chi connectivity index (χ1) is 10.2. The summed E-state index contributed by atoms with van der Waals surface area (Å²) in [6.07, 6.45) is 1.20. The molecule has 0 amide bonds. The maximum absolute atomic E-state index is 10.6. The van der Waals surface area contributed by atoms with Crippen molar-refractivity contribution in [2.75, 3.05) is 31.2 Å². The topological polar surface area (TPSA) is 92.8 Å². The maximum atomic E-state index is 10.6. The molecule has 0 radical (unpaired) electrons. The number of nitrogens with zero attached hydrogens (tertiary/aromatic N) is 5. The molecule has 8 nitrogen and oxygen atoms in total. The molecule has 0 spiro atoms. The Morgan fingerprint density at radius 3 is 2.86 bits per heavy atom. The lowest BCUT2D eigenvalue weighted by Crippen LogP contribution is -2.37. The third kappa shape index (κ3) is 3.10. The highest BCUT2D eigenvalue weighted by molar-refractivity contribution is 5.66. The molecular weight excluding hydrogens is 274 g/mol. The van der Waals surface area contributed by atoms with E-state index in [9.17, 15) is 4.79 Å². The summed E-state index contributed by atoms with van der Waals surface area (Å²) in [5.41, 5.74) is 0.678. The number of fused-ring (bicyclic) bond motifs is 1. The largest absolute Gasteiger partial charge is 0.481 e. The van der Waals surface area contributed by atoms with E-state index in [-0.39, 0.29) is 6.42 Å². The molecule has 0 bridgehead atoms. The van der Waals surface area contributed by atoms with Crippen LogP contribution in [0.3, 0.4) is 0 Å². The second kappa shape index (κ2) is 6.04. The Labute approximate surface area is 121 Å². The molecule has 0 atom stereocenters. The van der Waals surface area contributed by atoms with Crippen LogP contribution in [-0.4, -0.2) is 57.2 Å². The lowest BCUT2D eigenvalue weighted by Gasteiger charge is -2.27. The van der Waals surface area contributed by atoms with Crippen LogP contribution in [0.2, 0.25) is 0 Å². The molecule has 1 saturated heterocycles. The highest BCUT2D eigenvalue weighted by Crippen LogP contribution is 2.14. The fraction of sp³-hybridized carbons (Fsp3) is 0.538. The first kappa shape index (κ1) is 13.7. The zero-order chi connectivity index (χ0) is 14.7. The lowest BCUT2D eigenvalue weighted by atomic mass is 10.2. The monoisotopic (exact) mass is 291 g/mol. The molecule has 1 aliphatic rings. The average molecular weight is 291 g/mol. The second-order valence-corrected chi connectivity index (χ2v) is 4.92. The van der Waals surface area contributed by atoms with Gasteiger partial charge >= 0.3 is 5.97 Å². The third-order valence-electron chi connectivity index (χ3n) is 3.44. The predicted molar refractivity (Wildman–Crippen MR) is 74.4 cm³/mol. The molecule has 2 aromatic heterocycles. The first-order valence-corrected chi connectivity index (χ1v) is 7.00. The molecule has 3 heterocycles. The number of rotatable bonds is 5. The van der Waals surface area contributed by atoms with Gasteiger partial charge in [-0.15, -0.1) is 15.3 Å². The molecule has 0 unspecified atom stereocenters. The fourth-order valence-electron chi connectivity index (χ4n) is 2.34. The van der Waals surface area contributed by atoms with Crippen molar-refractivity contribution >= 4 is 17.4 Å². The summed E-state index contributed by atoms with van der Waals surface area (Å²) < 4.78 is 7.04. The van der Waals surface area contributed by atoms with Gasteiger partial charge in [-0.25, -0.2) is 0 Å². The standard InChI is InChI=1S/C13H17N5O3/c19-13(20)3-1-2-10-14-15-11-4-5-12(16-18(10)11)17-6-8-21-9-7-17/h4-5H,1-3,6-9H2,(H,19,20). The number of aliphatic carboxylic acids is 1. The van der Waals surface area contributed by atoms with Crippen LogP contribution in [0.5, 0.6) is 0 Å². The highest BCUT2D eigenvalue weighted by atomic mass is 16.5.